The number of rotatable bonds is 2. The molecule has 1 saturated heterocycles. The Bertz CT molecular complexity index is 716. The molecule has 1 fully saturated rings. The molecule has 4 rings (SSSR count). The lowest BCUT2D eigenvalue weighted by Gasteiger charge is -2.18. The summed E-state index contributed by atoms with van der Waals surface area (Å²) in [4.78, 5) is 12.6. The molecule has 0 saturated carbocycles. The first-order chi connectivity index (χ1) is 10.7. The number of hydrogen-bond acceptors (Lipinski definition) is 7. The molecule has 3 heterocycles. The topological polar surface area (TPSA) is 87.3 Å². The number of anilines is 2. The van der Waals surface area contributed by atoms with E-state index in [1.165, 1.54) is 23.3 Å². The maximum absolute atomic E-state index is 10.1. The number of β-amino-alcohol motifs (C(OH)–C–C–N with tert-alkyl or cyclic N) is 1. The van der Waals surface area contributed by atoms with Gasteiger partial charge in [0.05, 0.1) is 22.4 Å². The van der Waals surface area contributed by atoms with E-state index >= 15 is 0 Å². The van der Waals surface area contributed by atoms with Gasteiger partial charge in [0.15, 0.2) is 5.82 Å². The maximum Gasteiger partial charge on any atom is 0.222 e. The second-order valence-corrected chi connectivity index (χ2v) is 7.27. The van der Waals surface area contributed by atoms with Crippen LogP contribution in [-0.4, -0.2) is 47.4 Å². The lowest BCUT2D eigenvalue weighted by molar-refractivity contribution is 0.168. The number of nitrogens with two attached hydrogens (primary N) is 1. The van der Waals surface area contributed by atoms with E-state index in [1.54, 1.807) is 0 Å². The molecule has 22 heavy (non-hydrogen) atoms. The van der Waals surface area contributed by atoms with Gasteiger partial charge in [-0.25, -0.2) is 4.98 Å². The molecular formula is C15H21N5OS. The number of aliphatic hydroxyl groups is 1. The molecule has 0 amide bonds. The number of nitrogen functional groups attached to an aromatic ring is 1. The van der Waals surface area contributed by atoms with E-state index in [1.807, 2.05) is 18.4 Å². The number of nitrogens with zero attached hydrogens (tertiary/aromatic N) is 3. The van der Waals surface area contributed by atoms with Crippen molar-refractivity contribution in [2.75, 3.05) is 30.8 Å². The first-order valence-electron chi connectivity index (χ1n) is 7.85. The second-order valence-electron chi connectivity index (χ2n) is 6.16. The summed E-state index contributed by atoms with van der Waals surface area (Å²) in [5.41, 5.74) is 8.36. The van der Waals surface area contributed by atoms with Crippen LogP contribution < -0.4 is 16.0 Å². The summed E-state index contributed by atoms with van der Waals surface area (Å²) in [6.07, 6.45) is 4.32. The maximum atomic E-state index is 10.1. The van der Waals surface area contributed by atoms with Crippen LogP contribution in [0, 0.1) is 0 Å². The number of aromatic nitrogens is 2. The highest BCUT2D eigenvalue weighted by Gasteiger charge is 2.33. The van der Waals surface area contributed by atoms with Gasteiger partial charge in [-0.1, -0.05) is 0 Å². The Morgan fingerprint density at radius 3 is 2.86 bits per heavy atom. The molecular weight excluding hydrogens is 298 g/mol. The van der Waals surface area contributed by atoms with E-state index < -0.39 is 0 Å². The molecule has 2 aromatic rings. The van der Waals surface area contributed by atoms with Crippen molar-refractivity contribution >= 4 is 33.3 Å². The zero-order valence-electron chi connectivity index (χ0n) is 12.7. The summed E-state index contributed by atoms with van der Waals surface area (Å²) < 4.78 is 1.13. The Kier molecular flexibility index (Phi) is 3.43. The summed E-state index contributed by atoms with van der Waals surface area (Å²) >= 11 is 1.81. The molecule has 0 aromatic carbocycles. The van der Waals surface area contributed by atoms with Crippen molar-refractivity contribution in [1.29, 1.82) is 0 Å². The summed E-state index contributed by atoms with van der Waals surface area (Å²) in [5, 5.41) is 13.3. The van der Waals surface area contributed by atoms with E-state index in [-0.39, 0.29) is 12.1 Å². The van der Waals surface area contributed by atoms with Crippen molar-refractivity contribution < 1.29 is 5.11 Å². The van der Waals surface area contributed by atoms with Crippen LogP contribution in [0.3, 0.4) is 0 Å². The van der Waals surface area contributed by atoms with E-state index in [2.05, 4.69) is 20.2 Å². The monoisotopic (exact) mass is 319 g/mol. The number of likely N-dealkylation sites (N-methyl/N-ethyl adjacent to an activating group) is 1. The number of fused-ring (bicyclic) bond motifs is 3. The average molecular weight is 319 g/mol. The van der Waals surface area contributed by atoms with E-state index in [0.29, 0.717) is 12.5 Å². The summed E-state index contributed by atoms with van der Waals surface area (Å²) in [6, 6.07) is 0.0702. The fourth-order valence-electron chi connectivity index (χ4n) is 3.58. The molecule has 0 bridgehead atoms. The summed E-state index contributed by atoms with van der Waals surface area (Å²) in [5.74, 6) is 1.22. The molecule has 1 aliphatic carbocycles. The largest absolute Gasteiger partial charge is 0.390 e. The SMILES string of the molecule is CN[C@H]1CN(c2nc(N)nc3c4c(sc23)CCCC4)C[C@@H]1O. The quantitative estimate of drug-likeness (QED) is 0.763. The number of nitrogens with one attached hydrogen (secondary N) is 1. The van der Waals surface area contributed by atoms with Crippen LogP contribution in [0.25, 0.3) is 10.2 Å². The zero-order valence-corrected chi connectivity index (χ0v) is 13.5. The van der Waals surface area contributed by atoms with Gasteiger partial charge in [0, 0.05) is 18.0 Å². The molecule has 7 heteroatoms. The summed E-state index contributed by atoms with van der Waals surface area (Å²) in [7, 11) is 1.88. The van der Waals surface area contributed by atoms with Crippen LogP contribution in [0.2, 0.25) is 0 Å². The highest BCUT2D eigenvalue weighted by Crippen LogP contribution is 2.40. The number of thiophene rings is 1. The lowest BCUT2D eigenvalue weighted by atomic mass is 9.98. The van der Waals surface area contributed by atoms with Crippen LogP contribution in [0.5, 0.6) is 0 Å². The molecule has 118 valence electrons. The number of hydrogen-bond donors (Lipinski definition) is 3. The van der Waals surface area contributed by atoms with Crippen LogP contribution >= 0.6 is 11.3 Å². The third-order valence-corrected chi connectivity index (χ3v) is 6.03. The Morgan fingerprint density at radius 2 is 2.09 bits per heavy atom. The Morgan fingerprint density at radius 1 is 1.27 bits per heavy atom. The molecule has 0 spiro atoms. The molecule has 2 aliphatic rings. The van der Waals surface area contributed by atoms with Crippen LogP contribution in [0.1, 0.15) is 23.3 Å². The van der Waals surface area contributed by atoms with Crippen molar-refractivity contribution in [3.05, 3.63) is 10.4 Å². The second kappa shape index (κ2) is 5.33. The predicted octanol–water partition coefficient (Wildman–Crippen LogP) is 0.921. The molecule has 0 unspecified atom stereocenters. The van der Waals surface area contributed by atoms with Gasteiger partial charge < -0.3 is 21.1 Å². The van der Waals surface area contributed by atoms with Gasteiger partial charge in [-0.3, -0.25) is 0 Å². The first kappa shape index (κ1) is 14.2. The van der Waals surface area contributed by atoms with Crippen molar-refractivity contribution in [3.63, 3.8) is 0 Å². The number of aliphatic hydroxyl groups excluding tert-OH is 1. The smallest absolute Gasteiger partial charge is 0.222 e. The van der Waals surface area contributed by atoms with Crippen molar-refractivity contribution in [1.82, 2.24) is 15.3 Å². The zero-order chi connectivity index (χ0) is 15.3. The van der Waals surface area contributed by atoms with Crippen molar-refractivity contribution in [2.24, 2.45) is 0 Å². The molecule has 2 atom stereocenters. The Balaban J connectivity index is 1.82. The molecule has 6 nitrogen and oxygen atoms in total. The van der Waals surface area contributed by atoms with Gasteiger partial charge in [-0.15, -0.1) is 11.3 Å². The lowest BCUT2D eigenvalue weighted by Crippen LogP contribution is -2.36. The standard InChI is InChI=1S/C15H21N5OS/c1-17-9-6-20(7-10(9)21)14-13-12(18-15(16)19-14)8-4-2-3-5-11(8)22-13/h9-10,17,21H,2-7H2,1H3,(H2,16,18,19)/t9-,10-/m0/s1. The molecule has 1 aliphatic heterocycles. The average Bonchev–Trinajstić information content (AvgIpc) is 3.07. The Labute approximate surface area is 133 Å². The number of aryl methyl sites for hydroxylation is 2. The van der Waals surface area contributed by atoms with Gasteiger partial charge in [-0.2, -0.15) is 4.98 Å². The van der Waals surface area contributed by atoms with Gasteiger partial charge in [0.25, 0.3) is 0 Å². The molecule has 0 radical (unpaired) electrons. The third kappa shape index (κ3) is 2.15. The van der Waals surface area contributed by atoms with Crippen molar-refractivity contribution in [3.8, 4) is 0 Å². The predicted molar refractivity (Wildman–Crippen MR) is 89.5 cm³/mol. The minimum atomic E-state index is -0.383. The molecule has 2 aromatic heterocycles. The third-order valence-electron chi connectivity index (χ3n) is 4.75. The van der Waals surface area contributed by atoms with Crippen LogP contribution in [-0.2, 0) is 12.8 Å². The summed E-state index contributed by atoms with van der Waals surface area (Å²) in [6.45, 7) is 1.32. The van der Waals surface area contributed by atoms with Gasteiger partial charge in [0.1, 0.15) is 0 Å². The minimum Gasteiger partial charge on any atom is -0.390 e. The first-order valence-corrected chi connectivity index (χ1v) is 8.67. The van der Waals surface area contributed by atoms with E-state index in [0.717, 1.165) is 35.4 Å². The van der Waals surface area contributed by atoms with Gasteiger partial charge >= 0.3 is 0 Å². The highest BCUT2D eigenvalue weighted by molar-refractivity contribution is 7.19. The van der Waals surface area contributed by atoms with Crippen molar-refractivity contribution in [2.45, 2.75) is 37.8 Å². The highest BCUT2D eigenvalue weighted by atomic mass is 32.1. The van der Waals surface area contributed by atoms with Gasteiger partial charge in [0.2, 0.25) is 5.95 Å². The molecule has 4 N–H and O–H groups in total. The minimum absolute atomic E-state index is 0.0702. The van der Waals surface area contributed by atoms with Gasteiger partial charge in [-0.05, 0) is 38.3 Å². The van der Waals surface area contributed by atoms with E-state index in [9.17, 15) is 5.11 Å². The van der Waals surface area contributed by atoms with Crippen LogP contribution in [0.4, 0.5) is 11.8 Å². The van der Waals surface area contributed by atoms with Crippen LogP contribution in [0.15, 0.2) is 0 Å². The Hall–Kier alpha value is -1.44. The van der Waals surface area contributed by atoms with E-state index in [4.69, 9.17) is 5.73 Å². The normalized spacial score (nSPS) is 24.9. The fourth-order valence-corrected chi connectivity index (χ4v) is 4.92. The fraction of sp³-hybridized carbons (Fsp3) is 0.600.